The van der Waals surface area contributed by atoms with E-state index in [0.717, 1.165) is 0 Å². The molecule has 82 valence electrons. The minimum absolute atomic E-state index is 0.150. The van der Waals surface area contributed by atoms with Crippen LogP contribution in [0.2, 0.25) is 0 Å². The van der Waals surface area contributed by atoms with Crippen LogP contribution in [0.25, 0.3) is 0 Å². The Morgan fingerprint density at radius 3 is 2.80 bits per heavy atom. The largest absolute Gasteiger partial charge is 0.481 e. The van der Waals surface area contributed by atoms with Gasteiger partial charge in [-0.25, -0.2) is 0 Å². The summed E-state index contributed by atoms with van der Waals surface area (Å²) in [6, 6.07) is 1.67. The summed E-state index contributed by atoms with van der Waals surface area (Å²) in [6.07, 6.45) is 0. The molecule has 1 amide bonds. The molecular weight excluding hydrogens is 200 g/mol. The van der Waals surface area contributed by atoms with Crippen molar-refractivity contribution < 1.29 is 19.2 Å². The third kappa shape index (κ3) is 3.08. The molecule has 1 aromatic rings. The summed E-state index contributed by atoms with van der Waals surface area (Å²) < 4.78 is 4.84. The molecule has 0 aliphatic carbocycles. The van der Waals surface area contributed by atoms with E-state index in [9.17, 15) is 9.59 Å². The lowest BCUT2D eigenvalue weighted by Crippen LogP contribution is -2.32. The highest BCUT2D eigenvalue weighted by Gasteiger charge is 2.20. The molecule has 1 aromatic heterocycles. The number of aromatic nitrogens is 1. The summed E-state index contributed by atoms with van der Waals surface area (Å²) in [5, 5.41) is 14.6. The van der Waals surface area contributed by atoms with E-state index in [1.165, 1.54) is 6.92 Å². The number of carboxylic acid groups (broad SMARTS) is 1. The SMILES string of the molecule is Cc1cc(CNC(=O)C(C)C(=O)O)on1. The highest BCUT2D eigenvalue weighted by Crippen LogP contribution is 2.02. The molecule has 15 heavy (non-hydrogen) atoms. The van der Waals surface area contributed by atoms with Crippen LogP contribution in [0.5, 0.6) is 0 Å². The predicted octanol–water partition coefficient (Wildman–Crippen LogP) is 0.320. The van der Waals surface area contributed by atoms with Crippen molar-refractivity contribution >= 4 is 11.9 Å². The Balaban J connectivity index is 2.44. The van der Waals surface area contributed by atoms with Gasteiger partial charge in [0.05, 0.1) is 12.2 Å². The van der Waals surface area contributed by atoms with Crippen molar-refractivity contribution in [2.75, 3.05) is 0 Å². The maximum atomic E-state index is 11.2. The van der Waals surface area contributed by atoms with Gasteiger partial charge in [-0.2, -0.15) is 0 Å². The zero-order valence-electron chi connectivity index (χ0n) is 8.48. The fraction of sp³-hybridized carbons (Fsp3) is 0.444. The first kappa shape index (κ1) is 11.2. The Kier molecular flexibility index (Phi) is 3.43. The summed E-state index contributed by atoms with van der Waals surface area (Å²) in [5.74, 6) is -2.26. The third-order valence-electron chi connectivity index (χ3n) is 1.88. The average molecular weight is 212 g/mol. The molecule has 1 rings (SSSR count). The van der Waals surface area contributed by atoms with E-state index in [1.807, 2.05) is 0 Å². The van der Waals surface area contributed by atoms with Crippen molar-refractivity contribution in [2.24, 2.45) is 5.92 Å². The minimum Gasteiger partial charge on any atom is -0.481 e. The maximum Gasteiger partial charge on any atom is 0.315 e. The monoisotopic (exact) mass is 212 g/mol. The van der Waals surface area contributed by atoms with Gasteiger partial charge in [0.1, 0.15) is 5.92 Å². The normalized spacial score (nSPS) is 12.1. The van der Waals surface area contributed by atoms with Crippen molar-refractivity contribution in [2.45, 2.75) is 20.4 Å². The van der Waals surface area contributed by atoms with Crippen LogP contribution in [0, 0.1) is 12.8 Å². The molecule has 6 nitrogen and oxygen atoms in total. The summed E-state index contributed by atoms with van der Waals surface area (Å²) in [7, 11) is 0. The Morgan fingerprint density at radius 1 is 1.67 bits per heavy atom. The third-order valence-corrected chi connectivity index (χ3v) is 1.88. The number of hydrogen-bond donors (Lipinski definition) is 2. The lowest BCUT2D eigenvalue weighted by Gasteiger charge is -2.05. The molecule has 1 unspecified atom stereocenters. The number of amides is 1. The van der Waals surface area contributed by atoms with Crippen LogP contribution in [0.3, 0.4) is 0 Å². The average Bonchev–Trinajstić information content (AvgIpc) is 2.59. The number of aliphatic carboxylic acids is 1. The fourth-order valence-electron chi connectivity index (χ4n) is 0.939. The summed E-state index contributed by atoms with van der Waals surface area (Å²) in [6.45, 7) is 3.23. The summed E-state index contributed by atoms with van der Waals surface area (Å²) >= 11 is 0. The molecule has 2 N–H and O–H groups in total. The molecule has 0 fully saturated rings. The first-order valence-corrected chi connectivity index (χ1v) is 4.43. The van der Waals surface area contributed by atoms with E-state index in [0.29, 0.717) is 11.5 Å². The van der Waals surface area contributed by atoms with E-state index < -0.39 is 17.8 Å². The molecule has 0 spiro atoms. The smallest absolute Gasteiger partial charge is 0.315 e. The summed E-state index contributed by atoms with van der Waals surface area (Å²) in [4.78, 5) is 21.7. The van der Waals surface area contributed by atoms with Gasteiger partial charge in [0.25, 0.3) is 0 Å². The molecule has 0 radical (unpaired) electrons. The van der Waals surface area contributed by atoms with Crippen LogP contribution in [0.15, 0.2) is 10.6 Å². The molecular formula is C9H12N2O4. The van der Waals surface area contributed by atoms with Gasteiger partial charge in [0, 0.05) is 6.07 Å². The van der Waals surface area contributed by atoms with Gasteiger partial charge in [-0.15, -0.1) is 0 Å². The van der Waals surface area contributed by atoms with Gasteiger partial charge in [-0.3, -0.25) is 9.59 Å². The Hall–Kier alpha value is -1.85. The van der Waals surface area contributed by atoms with Crippen LogP contribution >= 0.6 is 0 Å². The standard InChI is InChI=1S/C9H12N2O4/c1-5-3-7(15-11-5)4-10-8(12)6(2)9(13)14/h3,6H,4H2,1-2H3,(H,10,12)(H,13,14). The molecule has 0 saturated heterocycles. The van der Waals surface area contributed by atoms with Crippen LogP contribution in [-0.2, 0) is 16.1 Å². The lowest BCUT2D eigenvalue weighted by atomic mass is 10.2. The number of hydrogen-bond acceptors (Lipinski definition) is 4. The maximum absolute atomic E-state index is 11.2. The molecule has 0 aliphatic rings. The molecule has 1 heterocycles. The molecule has 1 atom stereocenters. The van der Waals surface area contributed by atoms with Crippen LogP contribution in [0.4, 0.5) is 0 Å². The van der Waals surface area contributed by atoms with Crippen molar-refractivity contribution in [1.29, 1.82) is 0 Å². The van der Waals surface area contributed by atoms with Gasteiger partial charge in [0.2, 0.25) is 5.91 Å². The van der Waals surface area contributed by atoms with E-state index >= 15 is 0 Å². The zero-order valence-corrected chi connectivity index (χ0v) is 8.48. The lowest BCUT2D eigenvalue weighted by molar-refractivity contribution is -0.146. The molecule has 0 aromatic carbocycles. The minimum atomic E-state index is -1.15. The highest BCUT2D eigenvalue weighted by atomic mass is 16.5. The van der Waals surface area contributed by atoms with Crippen LogP contribution in [0.1, 0.15) is 18.4 Å². The number of nitrogens with zero attached hydrogens (tertiary/aromatic N) is 1. The van der Waals surface area contributed by atoms with Gasteiger partial charge < -0.3 is 14.9 Å². The van der Waals surface area contributed by atoms with Gasteiger partial charge in [0.15, 0.2) is 5.76 Å². The quantitative estimate of drug-likeness (QED) is 0.701. The van der Waals surface area contributed by atoms with E-state index in [4.69, 9.17) is 9.63 Å². The van der Waals surface area contributed by atoms with Crippen molar-refractivity contribution in [3.05, 3.63) is 17.5 Å². The van der Waals surface area contributed by atoms with Crippen molar-refractivity contribution in [1.82, 2.24) is 10.5 Å². The van der Waals surface area contributed by atoms with E-state index in [2.05, 4.69) is 10.5 Å². The number of rotatable bonds is 4. The van der Waals surface area contributed by atoms with Crippen LogP contribution in [-0.4, -0.2) is 22.1 Å². The zero-order chi connectivity index (χ0) is 11.4. The molecule has 0 bridgehead atoms. The second-order valence-electron chi connectivity index (χ2n) is 3.21. The molecule has 6 heteroatoms. The Labute approximate surface area is 86.3 Å². The van der Waals surface area contributed by atoms with E-state index in [1.54, 1.807) is 13.0 Å². The molecule has 0 saturated carbocycles. The highest BCUT2D eigenvalue weighted by molar-refractivity contribution is 5.96. The van der Waals surface area contributed by atoms with Gasteiger partial charge in [-0.05, 0) is 13.8 Å². The van der Waals surface area contributed by atoms with Gasteiger partial charge >= 0.3 is 5.97 Å². The van der Waals surface area contributed by atoms with Crippen molar-refractivity contribution in [3.63, 3.8) is 0 Å². The first-order valence-electron chi connectivity index (χ1n) is 4.43. The number of nitrogens with one attached hydrogen (secondary N) is 1. The predicted molar refractivity (Wildman–Crippen MR) is 49.9 cm³/mol. The topological polar surface area (TPSA) is 92.4 Å². The Morgan fingerprint density at radius 2 is 2.33 bits per heavy atom. The second kappa shape index (κ2) is 4.59. The summed E-state index contributed by atoms with van der Waals surface area (Å²) in [5.41, 5.74) is 0.713. The second-order valence-corrected chi connectivity index (χ2v) is 3.21. The van der Waals surface area contributed by atoms with Crippen molar-refractivity contribution in [3.8, 4) is 0 Å². The Bertz CT molecular complexity index is 372. The van der Waals surface area contributed by atoms with Gasteiger partial charge in [-0.1, -0.05) is 5.16 Å². The number of aryl methyl sites for hydroxylation is 1. The van der Waals surface area contributed by atoms with Crippen LogP contribution < -0.4 is 5.32 Å². The molecule has 0 aliphatic heterocycles. The fourth-order valence-corrected chi connectivity index (χ4v) is 0.939. The van der Waals surface area contributed by atoms with E-state index in [-0.39, 0.29) is 6.54 Å². The number of carbonyl (C=O) groups is 2. The first-order chi connectivity index (χ1) is 7.00. The number of carbonyl (C=O) groups excluding carboxylic acids is 1. The number of carboxylic acids is 1.